The predicted octanol–water partition coefficient (Wildman–Crippen LogP) is 4.21. The second-order valence-corrected chi connectivity index (χ2v) is 9.84. The number of hydrogen-bond acceptors (Lipinski definition) is 5. The number of aromatic nitrogens is 1. The number of para-hydroxylation sites is 1. The van der Waals surface area contributed by atoms with Crippen molar-refractivity contribution < 1.29 is 13.2 Å². The van der Waals surface area contributed by atoms with Crippen molar-refractivity contribution >= 4 is 37.5 Å². The molecule has 0 bridgehead atoms. The highest BCUT2D eigenvalue weighted by molar-refractivity contribution is 7.89. The second-order valence-electron chi connectivity index (χ2n) is 7.07. The Kier molecular flexibility index (Phi) is 6.36. The number of benzene rings is 2. The largest absolute Gasteiger partial charge is 0.333 e. The number of sulfonamides is 1. The van der Waals surface area contributed by atoms with Crippen molar-refractivity contribution in [2.24, 2.45) is 0 Å². The molecular formula is C21H25N3O3S2. The summed E-state index contributed by atoms with van der Waals surface area (Å²) in [4.78, 5) is 19.3. The van der Waals surface area contributed by atoms with Crippen molar-refractivity contribution in [1.29, 1.82) is 0 Å². The fourth-order valence-electron chi connectivity index (χ4n) is 2.81. The number of nitrogens with zero attached hydrogens (tertiary/aromatic N) is 2. The molecule has 1 heterocycles. The molecule has 0 fully saturated rings. The number of hydrogen-bond donors (Lipinski definition) is 1. The first-order chi connectivity index (χ1) is 13.7. The molecule has 2 unspecified atom stereocenters. The van der Waals surface area contributed by atoms with Crippen molar-refractivity contribution in [3.63, 3.8) is 0 Å². The molecule has 0 aliphatic heterocycles. The van der Waals surface area contributed by atoms with Crippen molar-refractivity contribution in [1.82, 2.24) is 14.6 Å². The molecule has 1 amide bonds. The number of carbonyl (C=O) groups is 1. The Morgan fingerprint density at radius 3 is 2.41 bits per heavy atom. The monoisotopic (exact) mass is 431 g/mol. The maximum atomic E-state index is 12.9. The SMILES string of the molecule is CCC(C)NS(=O)(=O)c1ccc(C(=O)N(C)C(C)c2nc3ccccc3s2)cc1. The Morgan fingerprint density at radius 2 is 1.79 bits per heavy atom. The summed E-state index contributed by atoms with van der Waals surface area (Å²) in [5, 5.41) is 0.860. The van der Waals surface area contributed by atoms with E-state index in [0.717, 1.165) is 15.2 Å². The van der Waals surface area contributed by atoms with Crippen LogP contribution in [0.1, 0.15) is 48.6 Å². The zero-order chi connectivity index (χ0) is 21.2. The van der Waals surface area contributed by atoms with Crippen LogP contribution in [0.4, 0.5) is 0 Å². The van der Waals surface area contributed by atoms with Crippen LogP contribution in [-0.2, 0) is 10.0 Å². The summed E-state index contributed by atoms with van der Waals surface area (Å²) >= 11 is 1.57. The molecule has 29 heavy (non-hydrogen) atoms. The van der Waals surface area contributed by atoms with E-state index < -0.39 is 10.0 Å². The summed E-state index contributed by atoms with van der Waals surface area (Å²) in [5.74, 6) is -0.185. The van der Waals surface area contributed by atoms with E-state index in [1.807, 2.05) is 45.0 Å². The van der Waals surface area contributed by atoms with Gasteiger partial charge in [0.15, 0.2) is 0 Å². The molecule has 1 N–H and O–H groups in total. The third kappa shape index (κ3) is 4.66. The Balaban J connectivity index is 1.77. The number of fused-ring (bicyclic) bond motifs is 1. The van der Waals surface area contributed by atoms with Gasteiger partial charge in [-0.05, 0) is 56.7 Å². The first-order valence-electron chi connectivity index (χ1n) is 9.48. The molecule has 154 valence electrons. The van der Waals surface area contributed by atoms with Gasteiger partial charge in [0.1, 0.15) is 5.01 Å². The van der Waals surface area contributed by atoms with Gasteiger partial charge in [-0.25, -0.2) is 18.1 Å². The highest BCUT2D eigenvalue weighted by Crippen LogP contribution is 2.29. The lowest BCUT2D eigenvalue weighted by Gasteiger charge is -2.23. The van der Waals surface area contributed by atoms with Gasteiger partial charge in [0.25, 0.3) is 5.91 Å². The fourth-order valence-corrected chi connectivity index (χ4v) is 5.20. The van der Waals surface area contributed by atoms with Gasteiger partial charge in [-0.2, -0.15) is 0 Å². The average molecular weight is 432 g/mol. The van der Waals surface area contributed by atoms with Crippen LogP contribution in [0.2, 0.25) is 0 Å². The topological polar surface area (TPSA) is 79.4 Å². The van der Waals surface area contributed by atoms with Crippen LogP contribution in [0, 0.1) is 0 Å². The Bertz CT molecular complexity index is 1070. The van der Waals surface area contributed by atoms with Crippen LogP contribution in [0.15, 0.2) is 53.4 Å². The number of amides is 1. The molecule has 8 heteroatoms. The van der Waals surface area contributed by atoms with Crippen LogP contribution in [-0.4, -0.2) is 37.3 Å². The quantitative estimate of drug-likeness (QED) is 0.608. The smallest absolute Gasteiger partial charge is 0.254 e. The minimum Gasteiger partial charge on any atom is -0.333 e. The predicted molar refractivity (Wildman–Crippen MR) is 117 cm³/mol. The van der Waals surface area contributed by atoms with Gasteiger partial charge in [-0.15, -0.1) is 11.3 Å². The molecule has 3 aromatic rings. The lowest BCUT2D eigenvalue weighted by Crippen LogP contribution is -2.32. The number of rotatable bonds is 7. The van der Waals surface area contributed by atoms with E-state index in [2.05, 4.69) is 9.71 Å². The number of carbonyl (C=O) groups excluding carboxylic acids is 1. The molecule has 0 aliphatic rings. The van der Waals surface area contributed by atoms with E-state index in [4.69, 9.17) is 0 Å². The summed E-state index contributed by atoms with van der Waals surface area (Å²) in [7, 11) is -1.86. The molecule has 0 radical (unpaired) electrons. The molecule has 0 spiro atoms. The molecule has 0 saturated heterocycles. The summed E-state index contributed by atoms with van der Waals surface area (Å²) < 4.78 is 28.5. The van der Waals surface area contributed by atoms with Gasteiger partial charge >= 0.3 is 0 Å². The molecular weight excluding hydrogens is 406 g/mol. The molecule has 0 saturated carbocycles. The maximum absolute atomic E-state index is 12.9. The standard InChI is InChI=1S/C21H25N3O3S2/c1-5-14(2)23-29(26,27)17-12-10-16(11-13-17)21(25)24(4)15(3)20-22-18-8-6-7-9-19(18)28-20/h6-15,23H,5H2,1-4H3. The summed E-state index contributed by atoms with van der Waals surface area (Å²) in [6.07, 6.45) is 0.699. The van der Waals surface area contributed by atoms with Crippen LogP contribution >= 0.6 is 11.3 Å². The molecule has 1 aromatic heterocycles. The van der Waals surface area contributed by atoms with Crippen molar-refractivity contribution in [2.45, 2.75) is 44.2 Å². The van der Waals surface area contributed by atoms with E-state index >= 15 is 0 Å². The third-order valence-corrected chi connectivity index (χ3v) is 7.76. The molecule has 0 aliphatic carbocycles. The lowest BCUT2D eigenvalue weighted by molar-refractivity contribution is 0.0742. The minimum atomic E-state index is -3.59. The second kappa shape index (κ2) is 8.61. The van der Waals surface area contributed by atoms with Crippen molar-refractivity contribution in [2.75, 3.05) is 7.05 Å². The number of nitrogens with one attached hydrogen (secondary N) is 1. The van der Waals surface area contributed by atoms with Gasteiger partial charge in [-0.3, -0.25) is 4.79 Å². The van der Waals surface area contributed by atoms with Gasteiger partial charge in [0, 0.05) is 18.7 Å². The van der Waals surface area contributed by atoms with Crippen LogP contribution < -0.4 is 4.72 Å². The molecule has 2 aromatic carbocycles. The zero-order valence-electron chi connectivity index (χ0n) is 16.9. The first-order valence-corrected chi connectivity index (χ1v) is 11.8. The molecule has 2 atom stereocenters. The van der Waals surface area contributed by atoms with E-state index in [1.165, 1.54) is 12.1 Å². The fraction of sp³-hybridized carbons (Fsp3) is 0.333. The van der Waals surface area contributed by atoms with Gasteiger partial charge in [0.05, 0.1) is 21.2 Å². The van der Waals surface area contributed by atoms with Crippen LogP contribution in [0.5, 0.6) is 0 Å². The summed E-state index contributed by atoms with van der Waals surface area (Å²) in [5.41, 5.74) is 1.35. The Labute approximate surface area is 175 Å². The summed E-state index contributed by atoms with van der Waals surface area (Å²) in [6, 6.07) is 13.6. The molecule has 6 nitrogen and oxygen atoms in total. The average Bonchev–Trinajstić information content (AvgIpc) is 3.16. The van der Waals surface area contributed by atoms with Gasteiger partial charge < -0.3 is 4.90 Å². The zero-order valence-corrected chi connectivity index (χ0v) is 18.5. The van der Waals surface area contributed by atoms with Gasteiger partial charge in [-0.1, -0.05) is 19.1 Å². The minimum absolute atomic E-state index is 0.149. The van der Waals surface area contributed by atoms with E-state index in [1.54, 1.807) is 35.4 Å². The number of thiazole rings is 1. The van der Waals surface area contributed by atoms with E-state index in [9.17, 15) is 13.2 Å². The van der Waals surface area contributed by atoms with E-state index in [-0.39, 0.29) is 22.9 Å². The van der Waals surface area contributed by atoms with Crippen molar-refractivity contribution in [3.05, 3.63) is 59.1 Å². The highest BCUT2D eigenvalue weighted by atomic mass is 32.2. The van der Waals surface area contributed by atoms with Crippen LogP contribution in [0.3, 0.4) is 0 Å². The summed E-state index contributed by atoms with van der Waals surface area (Å²) in [6.45, 7) is 5.66. The van der Waals surface area contributed by atoms with Crippen LogP contribution in [0.25, 0.3) is 10.2 Å². The van der Waals surface area contributed by atoms with E-state index in [0.29, 0.717) is 12.0 Å². The Hall–Kier alpha value is -2.29. The van der Waals surface area contributed by atoms with Crippen molar-refractivity contribution in [3.8, 4) is 0 Å². The van der Waals surface area contributed by atoms with Gasteiger partial charge in [0.2, 0.25) is 10.0 Å². The Morgan fingerprint density at radius 1 is 1.14 bits per heavy atom. The highest BCUT2D eigenvalue weighted by Gasteiger charge is 2.23. The lowest BCUT2D eigenvalue weighted by atomic mass is 10.2. The molecule has 3 rings (SSSR count). The maximum Gasteiger partial charge on any atom is 0.254 e. The third-order valence-electron chi connectivity index (χ3n) is 4.95. The normalized spacial score (nSPS) is 13.9. The first kappa shape index (κ1) is 21.4.